The van der Waals surface area contributed by atoms with Gasteiger partial charge in [0.15, 0.2) is 0 Å². The van der Waals surface area contributed by atoms with E-state index in [0.717, 1.165) is 51.5 Å². The third-order valence-electron chi connectivity index (χ3n) is 7.56. The van der Waals surface area contributed by atoms with Crippen LogP contribution in [0.15, 0.2) is 66.2 Å². The number of anilines is 2. The molecule has 0 radical (unpaired) electrons. The molecule has 14 heteroatoms. The van der Waals surface area contributed by atoms with E-state index in [1.54, 1.807) is 24.6 Å². The van der Waals surface area contributed by atoms with Crippen molar-refractivity contribution in [2.24, 2.45) is 13.0 Å². The second kappa shape index (κ2) is 15.9. The second-order valence-electron chi connectivity index (χ2n) is 11.2. The standard InChI is InChI=1S/C31H29N5O4S.2C2H4O2/c1-35-24-8-4-3-6-19(24)12-25(35)30(37)34-23-10-9-18(13-26(23)40-2)22-17-41-28-20(14-33-29(32)27(22)28)7-5-11-36-15-21(16-36)31(38)39;2*1-2(3)4/h3-10,12-14,17,21H,11,15-16H2,1-2H3,(H2,32,33)(H,34,37)(H,38,39);2*1H3,(H,3,4)/b7-5+;;. The lowest BCUT2D eigenvalue weighted by atomic mass is 10.0. The van der Waals surface area contributed by atoms with Crippen LogP contribution in [0, 0.1) is 5.92 Å². The number of nitrogens with two attached hydrogens (primary N) is 1. The Labute approximate surface area is 285 Å². The number of thiophene rings is 1. The molecule has 6 N–H and O–H groups in total. The van der Waals surface area contributed by atoms with E-state index < -0.39 is 17.9 Å². The SMILES string of the molecule is CC(=O)O.CC(=O)O.COc1cc(-c2csc3c(/C=C/CN4CC(C(=O)O)C4)cnc(N)c23)ccc1NC(=O)c1cc2ccccc2n1C. The number of carbonyl (C=O) groups is 4. The number of para-hydroxylation sites is 1. The van der Waals surface area contributed by atoms with Gasteiger partial charge in [0.1, 0.15) is 17.3 Å². The zero-order valence-corrected chi connectivity index (χ0v) is 28.2. The number of likely N-dealkylation sites (tertiary alicyclic amines) is 1. The zero-order chi connectivity index (χ0) is 35.8. The quantitative estimate of drug-likeness (QED) is 0.138. The van der Waals surface area contributed by atoms with Gasteiger partial charge in [0.25, 0.3) is 17.8 Å². The Morgan fingerprint density at radius 3 is 2.37 bits per heavy atom. The van der Waals surface area contributed by atoms with Crippen molar-refractivity contribution in [2.45, 2.75) is 13.8 Å². The minimum Gasteiger partial charge on any atom is -0.495 e. The largest absolute Gasteiger partial charge is 0.495 e. The number of hydrogen-bond donors (Lipinski definition) is 5. The van der Waals surface area contributed by atoms with Gasteiger partial charge in [-0.25, -0.2) is 4.98 Å². The molecule has 0 saturated carbocycles. The first-order valence-electron chi connectivity index (χ1n) is 15.0. The number of methoxy groups -OCH3 is 1. The second-order valence-corrected chi connectivity index (χ2v) is 12.0. The van der Waals surface area contributed by atoms with Gasteiger partial charge in [-0.2, -0.15) is 0 Å². The molecule has 0 unspecified atom stereocenters. The molecule has 6 rings (SSSR count). The van der Waals surface area contributed by atoms with Crippen molar-refractivity contribution in [3.63, 3.8) is 0 Å². The first-order chi connectivity index (χ1) is 23.3. The fourth-order valence-electron chi connectivity index (χ4n) is 5.28. The highest BCUT2D eigenvalue weighted by Crippen LogP contribution is 2.41. The molecule has 1 aliphatic heterocycles. The number of aliphatic carboxylic acids is 3. The van der Waals surface area contributed by atoms with E-state index >= 15 is 0 Å². The number of carbonyl (C=O) groups excluding carboxylic acids is 1. The number of aryl methyl sites for hydroxylation is 1. The summed E-state index contributed by atoms with van der Waals surface area (Å²) >= 11 is 1.59. The predicted molar refractivity (Wildman–Crippen MR) is 190 cm³/mol. The summed E-state index contributed by atoms with van der Waals surface area (Å²) in [4.78, 5) is 48.8. The van der Waals surface area contributed by atoms with Gasteiger partial charge >= 0.3 is 5.97 Å². The molecule has 0 bridgehead atoms. The van der Waals surface area contributed by atoms with Crippen LogP contribution in [0.1, 0.15) is 29.9 Å². The molecule has 49 heavy (non-hydrogen) atoms. The van der Waals surface area contributed by atoms with Crippen LogP contribution in [0.2, 0.25) is 0 Å². The summed E-state index contributed by atoms with van der Waals surface area (Å²) in [5.74, 6) is -1.93. The van der Waals surface area contributed by atoms with Crippen LogP contribution in [-0.2, 0) is 21.4 Å². The van der Waals surface area contributed by atoms with Crippen molar-refractivity contribution in [3.05, 3.63) is 77.4 Å². The van der Waals surface area contributed by atoms with Crippen LogP contribution in [0.5, 0.6) is 5.75 Å². The van der Waals surface area contributed by atoms with Gasteiger partial charge in [-0.15, -0.1) is 11.3 Å². The molecule has 0 atom stereocenters. The van der Waals surface area contributed by atoms with E-state index in [9.17, 15) is 9.59 Å². The smallest absolute Gasteiger partial charge is 0.309 e. The number of ether oxygens (including phenoxy) is 1. The average molecular weight is 688 g/mol. The summed E-state index contributed by atoms with van der Waals surface area (Å²) in [7, 11) is 3.45. The van der Waals surface area contributed by atoms with E-state index in [-0.39, 0.29) is 11.8 Å². The summed E-state index contributed by atoms with van der Waals surface area (Å²) in [6.07, 6.45) is 5.80. The van der Waals surface area contributed by atoms with Gasteiger partial charge in [0.05, 0.1) is 18.7 Å². The molecule has 0 spiro atoms. The maximum Gasteiger partial charge on any atom is 0.309 e. The van der Waals surface area contributed by atoms with Crippen LogP contribution < -0.4 is 15.8 Å². The summed E-state index contributed by atoms with van der Waals surface area (Å²) in [5.41, 5.74) is 11.2. The monoisotopic (exact) mass is 687 g/mol. The van der Waals surface area contributed by atoms with Crippen LogP contribution in [0.4, 0.5) is 11.5 Å². The van der Waals surface area contributed by atoms with Gasteiger partial charge in [0.2, 0.25) is 0 Å². The Bertz CT molecular complexity index is 2020. The lowest BCUT2D eigenvalue weighted by Crippen LogP contribution is -2.50. The number of pyridine rings is 1. The topological polar surface area (TPSA) is 197 Å². The minimum absolute atomic E-state index is 0.225. The zero-order valence-electron chi connectivity index (χ0n) is 27.3. The van der Waals surface area contributed by atoms with Crippen LogP contribution in [-0.4, -0.2) is 80.3 Å². The number of carboxylic acid groups (broad SMARTS) is 3. The van der Waals surface area contributed by atoms with Gasteiger partial charge in [-0.3, -0.25) is 24.1 Å². The Kier molecular flexibility index (Phi) is 11.7. The summed E-state index contributed by atoms with van der Waals surface area (Å²) < 4.78 is 8.57. The summed E-state index contributed by atoms with van der Waals surface area (Å²) in [6, 6.07) is 15.4. The molecule has 4 heterocycles. The first kappa shape index (κ1) is 36.1. The summed E-state index contributed by atoms with van der Waals surface area (Å²) in [6.45, 7) is 3.98. The number of nitrogen functional groups attached to an aromatic ring is 1. The Morgan fingerprint density at radius 1 is 1.06 bits per heavy atom. The van der Waals surface area contributed by atoms with Gasteiger partial charge in [-0.05, 0) is 35.2 Å². The lowest BCUT2D eigenvalue weighted by molar-refractivity contribution is -0.147. The van der Waals surface area contributed by atoms with Gasteiger partial charge < -0.3 is 35.7 Å². The van der Waals surface area contributed by atoms with Gasteiger partial charge in [-0.1, -0.05) is 36.4 Å². The van der Waals surface area contributed by atoms with Gasteiger partial charge in [0, 0.05) is 78.8 Å². The van der Waals surface area contributed by atoms with E-state index in [1.807, 2.05) is 72.3 Å². The van der Waals surface area contributed by atoms with E-state index in [2.05, 4.69) is 20.6 Å². The third-order valence-corrected chi connectivity index (χ3v) is 8.59. The molecule has 1 aliphatic rings. The van der Waals surface area contributed by atoms with Crippen LogP contribution in [0.3, 0.4) is 0 Å². The fraction of sp³-hybridized carbons (Fsp3) is 0.229. The molecule has 5 aromatic rings. The molecule has 1 saturated heterocycles. The first-order valence-corrected chi connectivity index (χ1v) is 15.9. The number of nitrogens with one attached hydrogen (secondary N) is 1. The lowest BCUT2D eigenvalue weighted by Gasteiger charge is -2.35. The Balaban J connectivity index is 0.000000612. The number of amides is 1. The van der Waals surface area contributed by atoms with Crippen LogP contribution >= 0.6 is 11.3 Å². The van der Waals surface area contributed by atoms with Crippen molar-refractivity contribution in [1.29, 1.82) is 0 Å². The molecule has 13 nitrogen and oxygen atoms in total. The number of rotatable bonds is 8. The fourth-order valence-corrected chi connectivity index (χ4v) is 6.36. The number of hydrogen-bond acceptors (Lipinski definition) is 9. The number of nitrogens with zero attached hydrogens (tertiary/aromatic N) is 3. The van der Waals surface area contributed by atoms with Crippen molar-refractivity contribution < 1.29 is 39.2 Å². The van der Waals surface area contributed by atoms with E-state index in [4.69, 9.17) is 35.4 Å². The molecular weight excluding hydrogens is 650 g/mol. The molecule has 1 amide bonds. The third kappa shape index (κ3) is 8.80. The molecular formula is C35H37N5O8S. The highest BCUT2D eigenvalue weighted by molar-refractivity contribution is 7.18. The normalized spacial score (nSPS) is 12.8. The molecule has 2 aromatic carbocycles. The summed E-state index contributed by atoms with van der Waals surface area (Å²) in [5, 5.41) is 30.8. The maximum absolute atomic E-state index is 13.2. The minimum atomic E-state index is -0.833. The van der Waals surface area contributed by atoms with Crippen molar-refractivity contribution >= 4 is 73.7 Å². The molecule has 0 aliphatic carbocycles. The van der Waals surface area contributed by atoms with Crippen molar-refractivity contribution in [1.82, 2.24) is 14.5 Å². The highest BCUT2D eigenvalue weighted by atomic mass is 32.1. The Hall–Kier alpha value is -5.73. The Morgan fingerprint density at radius 2 is 1.73 bits per heavy atom. The molecule has 1 fully saturated rings. The van der Waals surface area contributed by atoms with Crippen molar-refractivity contribution in [2.75, 3.05) is 37.8 Å². The number of fused-ring (bicyclic) bond motifs is 2. The number of carboxylic acids is 3. The highest BCUT2D eigenvalue weighted by Gasteiger charge is 2.31. The predicted octanol–water partition coefficient (Wildman–Crippen LogP) is 5.51. The average Bonchev–Trinajstić information content (AvgIpc) is 3.61. The molecule has 256 valence electrons. The molecule has 3 aromatic heterocycles. The van der Waals surface area contributed by atoms with Crippen molar-refractivity contribution in [3.8, 4) is 16.9 Å². The van der Waals surface area contributed by atoms with Crippen LogP contribution in [0.25, 0.3) is 38.2 Å². The maximum atomic E-state index is 13.2. The number of benzene rings is 2. The number of aromatic nitrogens is 2. The van der Waals surface area contributed by atoms with E-state index in [0.29, 0.717) is 42.6 Å². The van der Waals surface area contributed by atoms with E-state index in [1.165, 1.54) is 0 Å².